The number of carbonyl (C=O) groups is 1. The number of carbonyl (C=O) groups excluding carboxylic acids is 1. The van der Waals surface area contributed by atoms with Gasteiger partial charge in [0.1, 0.15) is 5.82 Å². The van der Waals surface area contributed by atoms with Gasteiger partial charge in [0.15, 0.2) is 0 Å². The van der Waals surface area contributed by atoms with Crippen molar-refractivity contribution in [3.05, 3.63) is 22.3 Å². The zero-order valence-corrected chi connectivity index (χ0v) is 12.9. The van der Waals surface area contributed by atoms with Gasteiger partial charge in [-0.15, -0.1) is 0 Å². The van der Waals surface area contributed by atoms with E-state index in [2.05, 4.69) is 26.2 Å². The molecule has 0 atom stereocenters. The molecule has 1 amide bonds. The van der Waals surface area contributed by atoms with E-state index in [1.54, 1.807) is 6.20 Å². The molecule has 18 heavy (non-hydrogen) atoms. The SMILES string of the molecule is CCNc1ncc(Br)cc1C(=O)N(CC)C(C)C. The molecule has 5 heteroatoms. The van der Waals surface area contributed by atoms with E-state index in [0.717, 1.165) is 11.0 Å². The van der Waals surface area contributed by atoms with Gasteiger partial charge in [-0.1, -0.05) is 0 Å². The number of hydrogen-bond acceptors (Lipinski definition) is 3. The first kappa shape index (κ1) is 15.0. The zero-order valence-electron chi connectivity index (χ0n) is 11.3. The van der Waals surface area contributed by atoms with Crippen molar-refractivity contribution >= 4 is 27.7 Å². The van der Waals surface area contributed by atoms with Crippen LogP contribution in [0.5, 0.6) is 0 Å². The van der Waals surface area contributed by atoms with Crippen molar-refractivity contribution in [3.8, 4) is 0 Å². The second-order valence-electron chi connectivity index (χ2n) is 4.26. The van der Waals surface area contributed by atoms with Gasteiger partial charge in [-0.05, 0) is 49.7 Å². The largest absolute Gasteiger partial charge is 0.370 e. The van der Waals surface area contributed by atoms with Crippen LogP contribution in [0.15, 0.2) is 16.7 Å². The van der Waals surface area contributed by atoms with Gasteiger partial charge in [0, 0.05) is 29.8 Å². The van der Waals surface area contributed by atoms with Gasteiger partial charge >= 0.3 is 0 Å². The fourth-order valence-electron chi connectivity index (χ4n) is 1.81. The first-order valence-corrected chi connectivity index (χ1v) is 7.00. The Balaban J connectivity index is 3.13. The van der Waals surface area contributed by atoms with Crippen LogP contribution in [0.25, 0.3) is 0 Å². The number of halogens is 1. The van der Waals surface area contributed by atoms with Crippen LogP contribution < -0.4 is 5.32 Å². The number of amides is 1. The van der Waals surface area contributed by atoms with E-state index in [-0.39, 0.29) is 11.9 Å². The molecule has 0 fully saturated rings. The van der Waals surface area contributed by atoms with Gasteiger partial charge in [0.05, 0.1) is 5.56 Å². The lowest BCUT2D eigenvalue weighted by Crippen LogP contribution is -2.37. The molecule has 0 aliphatic heterocycles. The van der Waals surface area contributed by atoms with E-state index in [0.29, 0.717) is 17.9 Å². The predicted molar refractivity (Wildman–Crippen MR) is 77.9 cm³/mol. The van der Waals surface area contributed by atoms with Gasteiger partial charge < -0.3 is 10.2 Å². The van der Waals surface area contributed by atoms with Crippen LogP contribution in [0, 0.1) is 0 Å². The summed E-state index contributed by atoms with van der Waals surface area (Å²) in [5.74, 6) is 0.655. The van der Waals surface area contributed by atoms with Gasteiger partial charge in [-0.25, -0.2) is 4.98 Å². The number of rotatable bonds is 5. The Hall–Kier alpha value is -1.10. The lowest BCUT2D eigenvalue weighted by atomic mass is 10.2. The van der Waals surface area contributed by atoms with Crippen molar-refractivity contribution in [3.63, 3.8) is 0 Å². The van der Waals surface area contributed by atoms with E-state index < -0.39 is 0 Å². The van der Waals surface area contributed by atoms with Crippen LogP contribution in [-0.4, -0.2) is 34.9 Å². The fraction of sp³-hybridized carbons (Fsp3) is 0.538. The third-order valence-electron chi connectivity index (χ3n) is 2.65. The van der Waals surface area contributed by atoms with E-state index >= 15 is 0 Å². The topological polar surface area (TPSA) is 45.2 Å². The van der Waals surface area contributed by atoms with Crippen LogP contribution in [0.4, 0.5) is 5.82 Å². The van der Waals surface area contributed by atoms with Gasteiger partial charge in [0.25, 0.3) is 5.91 Å². The predicted octanol–water partition coefficient (Wildman–Crippen LogP) is 3.15. The highest BCUT2D eigenvalue weighted by Crippen LogP contribution is 2.20. The lowest BCUT2D eigenvalue weighted by molar-refractivity contribution is 0.0717. The molecule has 0 saturated carbocycles. The second kappa shape index (κ2) is 6.73. The molecule has 1 rings (SSSR count). The average Bonchev–Trinajstić information content (AvgIpc) is 2.32. The maximum atomic E-state index is 12.5. The van der Waals surface area contributed by atoms with Crippen LogP contribution in [0.1, 0.15) is 38.1 Å². The minimum atomic E-state index is 0.0113. The molecule has 0 bridgehead atoms. The Labute approximate surface area is 117 Å². The van der Waals surface area contributed by atoms with Crippen LogP contribution in [-0.2, 0) is 0 Å². The molecule has 0 aliphatic carbocycles. The molecule has 0 aliphatic rings. The third kappa shape index (κ3) is 3.45. The van der Waals surface area contributed by atoms with E-state index in [1.165, 1.54) is 0 Å². The van der Waals surface area contributed by atoms with E-state index in [1.807, 2.05) is 38.7 Å². The van der Waals surface area contributed by atoms with Crippen molar-refractivity contribution < 1.29 is 4.79 Å². The number of aromatic nitrogens is 1. The summed E-state index contributed by atoms with van der Waals surface area (Å²) in [7, 11) is 0. The molecular weight excluding hydrogens is 294 g/mol. The Morgan fingerprint density at radius 3 is 2.67 bits per heavy atom. The summed E-state index contributed by atoms with van der Waals surface area (Å²) >= 11 is 3.36. The first-order chi connectivity index (χ1) is 8.51. The molecule has 0 radical (unpaired) electrons. The summed E-state index contributed by atoms with van der Waals surface area (Å²) < 4.78 is 0.812. The number of pyridine rings is 1. The normalized spacial score (nSPS) is 10.6. The molecular formula is C13H20BrN3O. The van der Waals surface area contributed by atoms with Crippen molar-refractivity contribution in [1.82, 2.24) is 9.88 Å². The van der Waals surface area contributed by atoms with Crippen LogP contribution in [0.3, 0.4) is 0 Å². The molecule has 0 spiro atoms. The van der Waals surface area contributed by atoms with Gasteiger partial charge in [0.2, 0.25) is 0 Å². The highest BCUT2D eigenvalue weighted by Gasteiger charge is 2.20. The van der Waals surface area contributed by atoms with E-state index in [4.69, 9.17) is 0 Å². The van der Waals surface area contributed by atoms with Crippen molar-refractivity contribution in [2.45, 2.75) is 33.7 Å². The minimum Gasteiger partial charge on any atom is -0.370 e. The number of nitrogens with zero attached hydrogens (tertiary/aromatic N) is 2. The Bertz CT molecular complexity index is 421. The van der Waals surface area contributed by atoms with Gasteiger partial charge in [-0.3, -0.25) is 4.79 Å². The van der Waals surface area contributed by atoms with Crippen molar-refractivity contribution in [2.24, 2.45) is 0 Å². The highest BCUT2D eigenvalue weighted by atomic mass is 79.9. The maximum absolute atomic E-state index is 12.5. The van der Waals surface area contributed by atoms with Crippen molar-refractivity contribution in [2.75, 3.05) is 18.4 Å². The number of anilines is 1. The molecule has 1 aromatic heterocycles. The van der Waals surface area contributed by atoms with Gasteiger partial charge in [-0.2, -0.15) is 0 Å². The Morgan fingerprint density at radius 1 is 1.50 bits per heavy atom. The molecule has 1 N–H and O–H groups in total. The van der Waals surface area contributed by atoms with Crippen LogP contribution >= 0.6 is 15.9 Å². The first-order valence-electron chi connectivity index (χ1n) is 6.21. The molecule has 4 nitrogen and oxygen atoms in total. The number of hydrogen-bond donors (Lipinski definition) is 1. The summed E-state index contributed by atoms with van der Waals surface area (Å²) in [6, 6.07) is 1.99. The summed E-state index contributed by atoms with van der Waals surface area (Å²) in [6.07, 6.45) is 1.69. The summed E-state index contributed by atoms with van der Waals surface area (Å²) in [5.41, 5.74) is 0.613. The quantitative estimate of drug-likeness (QED) is 0.908. The van der Waals surface area contributed by atoms with E-state index in [9.17, 15) is 4.79 Å². The molecule has 0 aromatic carbocycles. The highest BCUT2D eigenvalue weighted by molar-refractivity contribution is 9.10. The zero-order chi connectivity index (χ0) is 13.7. The molecule has 0 unspecified atom stereocenters. The van der Waals surface area contributed by atoms with Crippen LogP contribution in [0.2, 0.25) is 0 Å². The maximum Gasteiger partial charge on any atom is 0.257 e. The molecule has 1 heterocycles. The fourth-order valence-corrected chi connectivity index (χ4v) is 2.14. The minimum absolute atomic E-state index is 0.0113. The standard InChI is InChI=1S/C13H20BrN3O/c1-5-15-12-11(7-10(14)8-16-12)13(18)17(6-2)9(3)4/h7-9H,5-6H2,1-4H3,(H,15,16). The smallest absolute Gasteiger partial charge is 0.257 e. The Morgan fingerprint density at radius 2 is 2.17 bits per heavy atom. The Kier molecular flexibility index (Phi) is 5.59. The number of nitrogens with one attached hydrogen (secondary N) is 1. The summed E-state index contributed by atoms with van der Waals surface area (Å²) in [4.78, 5) is 18.6. The molecule has 100 valence electrons. The third-order valence-corrected chi connectivity index (χ3v) is 3.09. The molecule has 0 saturated heterocycles. The second-order valence-corrected chi connectivity index (χ2v) is 5.18. The lowest BCUT2D eigenvalue weighted by Gasteiger charge is -2.26. The summed E-state index contributed by atoms with van der Waals surface area (Å²) in [5, 5.41) is 3.12. The van der Waals surface area contributed by atoms with Crippen molar-refractivity contribution in [1.29, 1.82) is 0 Å². The average molecular weight is 314 g/mol. The monoisotopic (exact) mass is 313 g/mol. The molecule has 1 aromatic rings. The summed E-state index contributed by atoms with van der Waals surface area (Å²) in [6.45, 7) is 9.42.